The van der Waals surface area contributed by atoms with Gasteiger partial charge in [-0.1, -0.05) is 30.3 Å². The Hall–Kier alpha value is -2.49. The van der Waals surface area contributed by atoms with Crippen LogP contribution >= 0.6 is 24.0 Å². The first-order valence-electron chi connectivity index (χ1n) is 10.0. The summed E-state index contributed by atoms with van der Waals surface area (Å²) in [7, 11) is 1.79. The molecular weight excluding hydrogens is 493 g/mol. The average molecular weight is 523 g/mol. The molecule has 3 N–H and O–H groups in total. The lowest BCUT2D eigenvalue weighted by Crippen LogP contribution is -2.52. The number of nitrogens with one attached hydrogen (secondary N) is 2. The number of carbonyl (C=O) groups is 1. The van der Waals surface area contributed by atoms with E-state index in [0.717, 1.165) is 50.8 Å². The minimum Gasteiger partial charge on any atom is -0.506 e. The van der Waals surface area contributed by atoms with Crippen molar-refractivity contribution < 1.29 is 9.90 Å². The SMILES string of the molecule is CN=C(NCCCNC(=O)c1ccccc1)N1CCN(c2ccccc2O)CC1.I. The summed E-state index contributed by atoms with van der Waals surface area (Å²) in [5, 5.41) is 16.4. The third-order valence-corrected chi connectivity index (χ3v) is 4.97. The molecule has 30 heavy (non-hydrogen) atoms. The molecule has 1 amide bonds. The Morgan fingerprint density at radius 1 is 0.967 bits per heavy atom. The van der Waals surface area contributed by atoms with Crippen LogP contribution in [-0.2, 0) is 0 Å². The zero-order chi connectivity index (χ0) is 20.5. The normalized spacial score (nSPS) is 14.1. The van der Waals surface area contributed by atoms with Gasteiger partial charge >= 0.3 is 0 Å². The summed E-state index contributed by atoms with van der Waals surface area (Å²) in [4.78, 5) is 20.8. The van der Waals surface area contributed by atoms with Crippen molar-refractivity contribution >= 4 is 41.5 Å². The smallest absolute Gasteiger partial charge is 0.251 e. The standard InChI is InChI=1S/C22H29N5O2.HI/c1-23-22(25-13-7-12-24-21(29)18-8-3-2-4-9-18)27-16-14-26(15-17-27)19-10-5-6-11-20(19)28;/h2-6,8-11,28H,7,12-17H2,1H3,(H,23,25)(H,24,29);1H. The van der Waals surface area contributed by atoms with E-state index in [1.54, 1.807) is 13.1 Å². The Bertz CT molecular complexity index is 823. The third kappa shape index (κ3) is 6.51. The molecule has 0 unspecified atom stereocenters. The quantitative estimate of drug-likeness (QED) is 0.235. The van der Waals surface area contributed by atoms with E-state index < -0.39 is 0 Å². The van der Waals surface area contributed by atoms with Gasteiger partial charge in [-0.3, -0.25) is 9.79 Å². The van der Waals surface area contributed by atoms with Crippen LogP contribution in [0.2, 0.25) is 0 Å². The number of rotatable bonds is 6. The molecule has 0 spiro atoms. The lowest BCUT2D eigenvalue weighted by molar-refractivity contribution is 0.0953. The lowest BCUT2D eigenvalue weighted by Gasteiger charge is -2.37. The van der Waals surface area contributed by atoms with Crippen LogP contribution in [0.25, 0.3) is 0 Å². The number of aliphatic imine (C=N–C) groups is 1. The molecule has 3 rings (SSSR count). The fourth-order valence-corrected chi connectivity index (χ4v) is 3.41. The second-order valence-corrected chi connectivity index (χ2v) is 6.91. The third-order valence-electron chi connectivity index (χ3n) is 4.97. The topological polar surface area (TPSA) is 80.2 Å². The number of hydrogen-bond donors (Lipinski definition) is 3. The molecule has 7 nitrogen and oxygen atoms in total. The lowest BCUT2D eigenvalue weighted by atomic mass is 10.2. The van der Waals surface area contributed by atoms with Crippen LogP contribution in [0.1, 0.15) is 16.8 Å². The molecule has 1 aliphatic heterocycles. The number of guanidine groups is 1. The van der Waals surface area contributed by atoms with Gasteiger partial charge in [-0.2, -0.15) is 0 Å². The molecular formula is C22H30IN5O2. The Morgan fingerprint density at radius 2 is 1.60 bits per heavy atom. The van der Waals surface area contributed by atoms with Crippen LogP contribution < -0.4 is 15.5 Å². The van der Waals surface area contributed by atoms with Gasteiger partial charge in [-0.15, -0.1) is 24.0 Å². The van der Waals surface area contributed by atoms with E-state index in [9.17, 15) is 9.90 Å². The van der Waals surface area contributed by atoms with Gasteiger partial charge < -0.3 is 25.5 Å². The summed E-state index contributed by atoms with van der Waals surface area (Å²) in [6, 6.07) is 16.7. The number of phenolic OH excluding ortho intramolecular Hbond substituents is 1. The fraction of sp³-hybridized carbons (Fsp3) is 0.364. The molecule has 2 aromatic rings. The van der Waals surface area contributed by atoms with Gasteiger partial charge in [0.2, 0.25) is 0 Å². The van der Waals surface area contributed by atoms with Gasteiger partial charge in [0.05, 0.1) is 5.69 Å². The molecule has 0 aromatic heterocycles. The number of anilines is 1. The number of nitrogens with zero attached hydrogens (tertiary/aromatic N) is 3. The second-order valence-electron chi connectivity index (χ2n) is 6.91. The summed E-state index contributed by atoms with van der Waals surface area (Å²) in [5.74, 6) is 1.15. The van der Waals surface area contributed by atoms with Crippen LogP contribution in [-0.4, -0.2) is 68.2 Å². The minimum atomic E-state index is -0.0460. The Kier molecular flexibility index (Phi) is 9.72. The fourth-order valence-electron chi connectivity index (χ4n) is 3.41. The average Bonchev–Trinajstić information content (AvgIpc) is 2.77. The van der Waals surface area contributed by atoms with Crippen molar-refractivity contribution in [2.24, 2.45) is 4.99 Å². The van der Waals surface area contributed by atoms with Crippen molar-refractivity contribution in [1.29, 1.82) is 0 Å². The van der Waals surface area contributed by atoms with E-state index in [-0.39, 0.29) is 29.9 Å². The van der Waals surface area contributed by atoms with Gasteiger partial charge in [0.25, 0.3) is 5.91 Å². The number of carbonyl (C=O) groups excluding carboxylic acids is 1. The molecule has 0 saturated carbocycles. The highest BCUT2D eigenvalue weighted by molar-refractivity contribution is 14.0. The highest BCUT2D eigenvalue weighted by atomic mass is 127. The van der Waals surface area contributed by atoms with Gasteiger partial charge in [0.15, 0.2) is 5.96 Å². The van der Waals surface area contributed by atoms with E-state index in [1.165, 1.54) is 0 Å². The van der Waals surface area contributed by atoms with Crippen molar-refractivity contribution in [2.75, 3.05) is 51.2 Å². The Labute approximate surface area is 195 Å². The number of amides is 1. The molecule has 1 fully saturated rings. The van der Waals surface area contributed by atoms with Gasteiger partial charge in [-0.05, 0) is 30.7 Å². The summed E-state index contributed by atoms with van der Waals surface area (Å²) >= 11 is 0. The maximum absolute atomic E-state index is 12.0. The highest BCUT2D eigenvalue weighted by Crippen LogP contribution is 2.27. The summed E-state index contributed by atoms with van der Waals surface area (Å²) in [6.07, 6.45) is 0.815. The zero-order valence-electron chi connectivity index (χ0n) is 17.3. The maximum atomic E-state index is 12.0. The molecule has 1 saturated heterocycles. The van der Waals surface area contributed by atoms with Crippen LogP contribution in [0.3, 0.4) is 0 Å². The van der Waals surface area contributed by atoms with E-state index in [0.29, 0.717) is 17.9 Å². The highest BCUT2D eigenvalue weighted by Gasteiger charge is 2.21. The predicted molar refractivity (Wildman–Crippen MR) is 132 cm³/mol. The molecule has 1 aliphatic rings. The number of aromatic hydroxyl groups is 1. The first-order valence-corrected chi connectivity index (χ1v) is 10.0. The first-order chi connectivity index (χ1) is 14.2. The van der Waals surface area contributed by atoms with E-state index in [4.69, 9.17) is 0 Å². The van der Waals surface area contributed by atoms with Gasteiger partial charge in [0.1, 0.15) is 5.75 Å². The van der Waals surface area contributed by atoms with Crippen molar-refractivity contribution in [3.05, 3.63) is 60.2 Å². The number of hydrogen-bond acceptors (Lipinski definition) is 4. The number of halogens is 1. The monoisotopic (exact) mass is 523 g/mol. The maximum Gasteiger partial charge on any atom is 0.251 e. The summed E-state index contributed by atoms with van der Waals surface area (Å²) < 4.78 is 0. The molecule has 1 heterocycles. The van der Waals surface area contributed by atoms with E-state index in [2.05, 4.69) is 25.4 Å². The Morgan fingerprint density at radius 3 is 2.27 bits per heavy atom. The van der Waals surface area contributed by atoms with Gasteiger partial charge in [-0.25, -0.2) is 0 Å². The summed E-state index contributed by atoms with van der Waals surface area (Å²) in [5.41, 5.74) is 1.56. The number of para-hydroxylation sites is 2. The van der Waals surface area contributed by atoms with Crippen molar-refractivity contribution in [3.8, 4) is 5.75 Å². The van der Waals surface area contributed by atoms with Crippen LogP contribution in [0, 0.1) is 0 Å². The Balaban J connectivity index is 0.00000320. The molecule has 0 aliphatic carbocycles. The van der Waals surface area contributed by atoms with Gasteiger partial charge in [0, 0.05) is 51.9 Å². The molecule has 8 heteroatoms. The zero-order valence-corrected chi connectivity index (χ0v) is 19.6. The number of phenols is 1. The largest absolute Gasteiger partial charge is 0.506 e. The van der Waals surface area contributed by atoms with E-state index in [1.807, 2.05) is 48.5 Å². The van der Waals surface area contributed by atoms with Crippen LogP contribution in [0.5, 0.6) is 5.75 Å². The minimum absolute atomic E-state index is 0. The summed E-state index contributed by atoms with van der Waals surface area (Å²) in [6.45, 7) is 4.66. The molecule has 0 atom stereocenters. The van der Waals surface area contributed by atoms with Crippen molar-refractivity contribution in [2.45, 2.75) is 6.42 Å². The number of piperazine rings is 1. The second kappa shape index (κ2) is 12.3. The number of benzene rings is 2. The first kappa shape index (κ1) is 23.8. The molecule has 0 bridgehead atoms. The molecule has 2 aromatic carbocycles. The van der Waals surface area contributed by atoms with Crippen LogP contribution in [0.15, 0.2) is 59.6 Å². The van der Waals surface area contributed by atoms with Crippen molar-refractivity contribution in [1.82, 2.24) is 15.5 Å². The molecule has 162 valence electrons. The molecule has 0 radical (unpaired) electrons. The van der Waals surface area contributed by atoms with Crippen LogP contribution in [0.4, 0.5) is 5.69 Å². The van der Waals surface area contributed by atoms with E-state index >= 15 is 0 Å². The van der Waals surface area contributed by atoms with Crippen molar-refractivity contribution in [3.63, 3.8) is 0 Å². The predicted octanol–water partition coefficient (Wildman–Crippen LogP) is 2.53.